The topological polar surface area (TPSA) is 91.7 Å². The Labute approximate surface area is 252 Å². The van der Waals surface area contributed by atoms with Crippen LogP contribution in [0.1, 0.15) is 55.1 Å². The molecule has 43 heavy (non-hydrogen) atoms. The van der Waals surface area contributed by atoms with E-state index in [4.69, 9.17) is 11.6 Å². The molecular weight excluding hydrogens is 585 g/mol. The van der Waals surface area contributed by atoms with Gasteiger partial charge in [0.25, 0.3) is 5.92 Å². The molecule has 0 spiro atoms. The largest absolute Gasteiger partial charge is 0.350 e. The van der Waals surface area contributed by atoms with Crippen LogP contribution in [0, 0.1) is 5.82 Å². The third-order valence-electron chi connectivity index (χ3n) is 7.50. The van der Waals surface area contributed by atoms with Gasteiger partial charge in [0.05, 0.1) is 24.5 Å². The molecule has 0 saturated carbocycles. The molecule has 4 rings (SSSR count). The van der Waals surface area contributed by atoms with E-state index in [0.29, 0.717) is 22.0 Å². The second kappa shape index (κ2) is 13.2. The minimum absolute atomic E-state index is 0.0556. The summed E-state index contributed by atoms with van der Waals surface area (Å²) in [5.74, 6) is -5.05. The standard InChI is InChI=1S/C31H34ClF3N4O4/c1-19(2)39(16-27(41)36-14-22-6-4-7-25(32)30(22)33)29(43)17-38-15-24(20(3)40)23-12-21(8-9-26(23)38)13-28(42)37-11-5-10-31(34,35)18-37/h4,6-9,12,15,19H,5,10-11,13-14,16-18H2,1-3H3,(H,36,41). The van der Waals surface area contributed by atoms with Crippen molar-refractivity contribution in [3.05, 3.63) is 70.1 Å². The first kappa shape index (κ1) is 32.1. The average molecular weight is 619 g/mol. The van der Waals surface area contributed by atoms with Crippen molar-refractivity contribution in [1.29, 1.82) is 0 Å². The molecule has 0 radical (unpaired) electrons. The number of aromatic nitrogens is 1. The number of carbonyl (C=O) groups excluding carboxylic acids is 4. The number of amides is 3. The van der Waals surface area contributed by atoms with E-state index in [1.54, 1.807) is 48.9 Å². The maximum atomic E-state index is 14.2. The fraction of sp³-hybridized carbons (Fsp3) is 0.419. The highest BCUT2D eigenvalue weighted by Crippen LogP contribution is 2.28. The molecule has 0 unspecified atom stereocenters. The number of carbonyl (C=O) groups is 4. The van der Waals surface area contributed by atoms with Crippen molar-refractivity contribution in [3.63, 3.8) is 0 Å². The number of benzene rings is 2. The number of piperidine rings is 1. The quantitative estimate of drug-likeness (QED) is 0.324. The van der Waals surface area contributed by atoms with Crippen molar-refractivity contribution in [2.24, 2.45) is 0 Å². The number of Topliss-reactive ketones (excluding diaryl/α,β-unsaturated/α-hetero) is 1. The lowest BCUT2D eigenvalue weighted by molar-refractivity contribution is -0.140. The molecule has 1 fully saturated rings. The second-order valence-electron chi connectivity index (χ2n) is 11.1. The SMILES string of the molecule is CC(=O)c1cn(CC(=O)N(CC(=O)NCc2cccc(Cl)c2F)C(C)C)c2ccc(CC(=O)N3CCCC(F)(F)C3)cc12. The van der Waals surface area contributed by atoms with Gasteiger partial charge in [-0.15, -0.1) is 0 Å². The van der Waals surface area contributed by atoms with Gasteiger partial charge in [-0.05, 0) is 51.0 Å². The highest BCUT2D eigenvalue weighted by Gasteiger charge is 2.37. The van der Waals surface area contributed by atoms with Crippen LogP contribution in [-0.2, 0) is 33.9 Å². The van der Waals surface area contributed by atoms with Gasteiger partial charge >= 0.3 is 0 Å². The summed E-state index contributed by atoms with van der Waals surface area (Å²) in [6.45, 7) is 4.06. The predicted molar refractivity (Wildman–Crippen MR) is 157 cm³/mol. The van der Waals surface area contributed by atoms with Crippen molar-refractivity contribution in [1.82, 2.24) is 19.7 Å². The van der Waals surface area contributed by atoms with E-state index in [2.05, 4.69) is 5.32 Å². The van der Waals surface area contributed by atoms with Crippen molar-refractivity contribution in [3.8, 4) is 0 Å². The van der Waals surface area contributed by atoms with Crippen LogP contribution in [0.3, 0.4) is 0 Å². The summed E-state index contributed by atoms with van der Waals surface area (Å²) in [6.07, 6.45) is 1.46. The maximum Gasteiger partial charge on any atom is 0.265 e. The summed E-state index contributed by atoms with van der Waals surface area (Å²) >= 11 is 5.80. The molecule has 1 N–H and O–H groups in total. The Morgan fingerprint density at radius 1 is 1.14 bits per heavy atom. The smallest absolute Gasteiger partial charge is 0.265 e. The number of hydrogen-bond donors (Lipinski definition) is 1. The van der Waals surface area contributed by atoms with Crippen molar-refractivity contribution in [2.45, 2.75) is 65.1 Å². The minimum atomic E-state index is -2.90. The molecule has 1 aliphatic rings. The lowest BCUT2D eigenvalue weighted by Gasteiger charge is -2.32. The summed E-state index contributed by atoms with van der Waals surface area (Å²) in [5.41, 5.74) is 1.70. The number of fused-ring (bicyclic) bond motifs is 1. The van der Waals surface area contributed by atoms with Gasteiger partial charge in [0.15, 0.2) is 5.78 Å². The molecule has 8 nitrogen and oxygen atoms in total. The van der Waals surface area contributed by atoms with Crippen LogP contribution in [0.4, 0.5) is 13.2 Å². The number of hydrogen-bond acceptors (Lipinski definition) is 4. The van der Waals surface area contributed by atoms with E-state index in [-0.39, 0.29) is 73.8 Å². The van der Waals surface area contributed by atoms with Gasteiger partial charge in [-0.1, -0.05) is 29.8 Å². The van der Waals surface area contributed by atoms with Gasteiger partial charge in [0, 0.05) is 53.8 Å². The van der Waals surface area contributed by atoms with Gasteiger partial charge in [0.1, 0.15) is 12.4 Å². The zero-order valence-corrected chi connectivity index (χ0v) is 25.0. The van der Waals surface area contributed by atoms with E-state index in [1.165, 1.54) is 28.9 Å². The number of likely N-dealkylation sites (tertiary alicyclic amines) is 1. The molecule has 0 aliphatic carbocycles. The second-order valence-corrected chi connectivity index (χ2v) is 11.5. The monoisotopic (exact) mass is 618 g/mol. The van der Waals surface area contributed by atoms with Gasteiger partial charge in [-0.3, -0.25) is 19.2 Å². The number of rotatable bonds is 10. The summed E-state index contributed by atoms with van der Waals surface area (Å²) in [4.78, 5) is 53.8. The molecular formula is C31H34ClF3N4O4. The molecule has 0 atom stereocenters. The van der Waals surface area contributed by atoms with E-state index < -0.39 is 30.1 Å². The Morgan fingerprint density at radius 2 is 1.88 bits per heavy atom. The zero-order valence-electron chi connectivity index (χ0n) is 24.3. The van der Waals surface area contributed by atoms with Crippen LogP contribution in [0.15, 0.2) is 42.6 Å². The van der Waals surface area contributed by atoms with Crippen LogP contribution in [-0.4, -0.2) is 69.5 Å². The average Bonchev–Trinajstić information content (AvgIpc) is 3.29. The highest BCUT2D eigenvalue weighted by atomic mass is 35.5. The molecule has 230 valence electrons. The van der Waals surface area contributed by atoms with Gasteiger partial charge in [-0.25, -0.2) is 13.2 Å². The first-order valence-corrected chi connectivity index (χ1v) is 14.4. The first-order chi connectivity index (χ1) is 20.3. The van der Waals surface area contributed by atoms with Crippen LogP contribution in [0.2, 0.25) is 5.02 Å². The Hall–Kier alpha value is -3.86. The molecule has 2 heterocycles. The van der Waals surface area contributed by atoms with Crippen molar-refractivity contribution >= 4 is 46.0 Å². The molecule has 12 heteroatoms. The fourth-order valence-corrected chi connectivity index (χ4v) is 5.41. The predicted octanol–water partition coefficient (Wildman–Crippen LogP) is 4.99. The maximum absolute atomic E-state index is 14.2. The Balaban J connectivity index is 1.47. The zero-order chi connectivity index (χ0) is 31.5. The van der Waals surface area contributed by atoms with Crippen LogP contribution in [0.5, 0.6) is 0 Å². The third kappa shape index (κ3) is 7.76. The molecule has 1 aliphatic heterocycles. The van der Waals surface area contributed by atoms with E-state index in [1.807, 2.05) is 0 Å². The van der Waals surface area contributed by atoms with Gasteiger partial charge in [0.2, 0.25) is 17.7 Å². The van der Waals surface area contributed by atoms with Crippen LogP contribution >= 0.6 is 11.6 Å². The van der Waals surface area contributed by atoms with Crippen molar-refractivity contribution in [2.75, 3.05) is 19.6 Å². The summed E-state index contributed by atoms with van der Waals surface area (Å²) in [7, 11) is 0. The van der Waals surface area contributed by atoms with Crippen LogP contribution in [0.25, 0.3) is 10.9 Å². The van der Waals surface area contributed by atoms with E-state index in [9.17, 15) is 32.3 Å². The molecule has 1 saturated heterocycles. The highest BCUT2D eigenvalue weighted by molar-refractivity contribution is 6.30. The minimum Gasteiger partial charge on any atom is -0.350 e. The van der Waals surface area contributed by atoms with Crippen LogP contribution < -0.4 is 5.32 Å². The summed E-state index contributed by atoms with van der Waals surface area (Å²) in [6, 6.07) is 9.19. The van der Waals surface area contributed by atoms with Gasteiger partial charge < -0.3 is 19.7 Å². The first-order valence-electron chi connectivity index (χ1n) is 14.0. The number of alkyl halides is 2. The number of ketones is 1. The Bertz CT molecular complexity index is 1560. The summed E-state index contributed by atoms with van der Waals surface area (Å²) < 4.78 is 43.4. The lowest BCUT2D eigenvalue weighted by atomic mass is 10.0. The van der Waals surface area contributed by atoms with E-state index >= 15 is 0 Å². The lowest BCUT2D eigenvalue weighted by Crippen LogP contribution is -2.46. The van der Waals surface area contributed by atoms with Gasteiger partial charge in [-0.2, -0.15) is 0 Å². The molecule has 1 aromatic heterocycles. The van der Waals surface area contributed by atoms with Crippen molar-refractivity contribution < 1.29 is 32.3 Å². The van der Waals surface area contributed by atoms with E-state index in [0.717, 1.165) is 0 Å². The number of nitrogens with zero attached hydrogens (tertiary/aromatic N) is 3. The molecule has 2 aromatic carbocycles. The molecule has 0 bridgehead atoms. The molecule has 3 aromatic rings. The number of nitrogens with one attached hydrogen (secondary N) is 1. The fourth-order valence-electron chi connectivity index (χ4n) is 5.22. The normalized spacial score (nSPS) is 14.7. The number of halogens is 4. The Kier molecular flexibility index (Phi) is 9.84. The molecule has 3 amide bonds. The third-order valence-corrected chi connectivity index (χ3v) is 7.79. The Morgan fingerprint density at radius 3 is 2.56 bits per heavy atom. The summed E-state index contributed by atoms with van der Waals surface area (Å²) in [5, 5.41) is 3.09.